The van der Waals surface area contributed by atoms with Crippen LogP contribution in [0.5, 0.6) is 5.88 Å². The maximum atomic E-state index is 12.2. The standard InChI is InChI=1S/C5H4FN3O2.Na/c6-2-1-8-5(11)3(9-2)4(7)10;/h1H,(H2,7,10)(H,8,11);/q;+1/p-1. The number of carbonyl (C=O) groups excluding carboxylic acids is 1. The maximum Gasteiger partial charge on any atom is 1.00 e. The van der Waals surface area contributed by atoms with Crippen molar-refractivity contribution in [2.75, 3.05) is 0 Å². The van der Waals surface area contributed by atoms with Crippen LogP contribution in [0.4, 0.5) is 4.39 Å². The van der Waals surface area contributed by atoms with E-state index in [0.717, 1.165) is 0 Å². The first-order valence-electron chi connectivity index (χ1n) is 2.60. The molecular weight excluding hydrogens is 176 g/mol. The van der Waals surface area contributed by atoms with Crippen LogP contribution in [0.2, 0.25) is 0 Å². The molecule has 0 unspecified atom stereocenters. The Morgan fingerprint density at radius 2 is 2.25 bits per heavy atom. The van der Waals surface area contributed by atoms with E-state index in [-0.39, 0.29) is 29.6 Å². The molecule has 12 heavy (non-hydrogen) atoms. The van der Waals surface area contributed by atoms with Crippen molar-refractivity contribution in [3.05, 3.63) is 17.8 Å². The smallest absolute Gasteiger partial charge is 0.857 e. The van der Waals surface area contributed by atoms with Crippen LogP contribution >= 0.6 is 0 Å². The van der Waals surface area contributed by atoms with Gasteiger partial charge in [-0.2, -0.15) is 4.39 Å². The van der Waals surface area contributed by atoms with E-state index in [4.69, 9.17) is 0 Å². The van der Waals surface area contributed by atoms with E-state index < -0.39 is 23.4 Å². The second-order valence-electron chi connectivity index (χ2n) is 1.71. The summed E-state index contributed by atoms with van der Waals surface area (Å²) in [6.45, 7) is 0. The summed E-state index contributed by atoms with van der Waals surface area (Å²) in [6, 6.07) is 0. The van der Waals surface area contributed by atoms with Crippen molar-refractivity contribution < 1.29 is 43.8 Å². The molecule has 0 atom stereocenters. The summed E-state index contributed by atoms with van der Waals surface area (Å²) in [7, 11) is 0. The molecule has 0 aliphatic rings. The van der Waals surface area contributed by atoms with Crippen molar-refractivity contribution in [1.29, 1.82) is 0 Å². The first-order valence-corrected chi connectivity index (χ1v) is 2.60. The Bertz CT molecular complexity index is 307. The monoisotopic (exact) mass is 179 g/mol. The van der Waals surface area contributed by atoms with Crippen LogP contribution in [0.1, 0.15) is 10.5 Å². The number of aromatic nitrogens is 2. The Kier molecular flexibility index (Phi) is 4.08. The topological polar surface area (TPSA) is 91.9 Å². The molecule has 1 aromatic heterocycles. The molecule has 2 N–H and O–H groups in total. The Balaban J connectivity index is 0.00000121. The Morgan fingerprint density at radius 3 is 2.67 bits per heavy atom. The molecule has 0 aliphatic heterocycles. The number of rotatable bonds is 1. The summed E-state index contributed by atoms with van der Waals surface area (Å²) in [4.78, 5) is 16.3. The molecule has 1 amide bonds. The van der Waals surface area contributed by atoms with Gasteiger partial charge >= 0.3 is 29.6 Å². The van der Waals surface area contributed by atoms with Crippen molar-refractivity contribution in [2.45, 2.75) is 0 Å². The fraction of sp³-hybridized carbons (Fsp3) is 0. The molecule has 0 saturated carbocycles. The van der Waals surface area contributed by atoms with Gasteiger partial charge in [0.15, 0.2) is 0 Å². The molecule has 0 fully saturated rings. The van der Waals surface area contributed by atoms with Crippen molar-refractivity contribution in [3.63, 3.8) is 0 Å². The van der Waals surface area contributed by atoms with Gasteiger partial charge in [-0.3, -0.25) is 9.78 Å². The van der Waals surface area contributed by atoms with Crippen LogP contribution in [-0.4, -0.2) is 15.9 Å². The van der Waals surface area contributed by atoms with Gasteiger partial charge in [-0.1, -0.05) is 0 Å². The third-order valence-electron chi connectivity index (χ3n) is 0.943. The van der Waals surface area contributed by atoms with E-state index in [0.29, 0.717) is 6.20 Å². The average Bonchev–Trinajstić information content (AvgIpc) is 1.94. The van der Waals surface area contributed by atoms with E-state index in [9.17, 15) is 14.3 Å². The minimum atomic E-state index is -1.08. The number of halogens is 1. The molecule has 0 aliphatic carbocycles. The third kappa shape index (κ3) is 2.40. The number of hydrogen-bond acceptors (Lipinski definition) is 4. The van der Waals surface area contributed by atoms with Gasteiger partial charge < -0.3 is 10.8 Å². The zero-order valence-electron chi connectivity index (χ0n) is 6.24. The predicted molar refractivity (Wildman–Crippen MR) is 30.0 cm³/mol. The summed E-state index contributed by atoms with van der Waals surface area (Å²) in [5.74, 6) is -3.00. The van der Waals surface area contributed by atoms with Crippen molar-refractivity contribution in [2.24, 2.45) is 5.73 Å². The van der Waals surface area contributed by atoms with Crippen molar-refractivity contribution >= 4 is 5.91 Å². The van der Waals surface area contributed by atoms with Gasteiger partial charge in [0, 0.05) is 5.88 Å². The number of carbonyl (C=O) groups is 1. The number of hydrogen-bond donors (Lipinski definition) is 1. The molecule has 1 heterocycles. The summed E-state index contributed by atoms with van der Waals surface area (Å²) < 4.78 is 12.2. The normalized spacial score (nSPS) is 8.75. The molecule has 1 rings (SSSR count). The maximum absolute atomic E-state index is 12.2. The van der Waals surface area contributed by atoms with E-state index >= 15 is 0 Å². The van der Waals surface area contributed by atoms with E-state index in [1.54, 1.807) is 0 Å². The zero-order valence-corrected chi connectivity index (χ0v) is 8.24. The number of primary amides is 1. The second-order valence-corrected chi connectivity index (χ2v) is 1.71. The summed E-state index contributed by atoms with van der Waals surface area (Å²) in [6.07, 6.45) is 0.620. The first-order chi connectivity index (χ1) is 5.11. The number of nitrogens with zero attached hydrogens (tertiary/aromatic N) is 2. The quantitative estimate of drug-likeness (QED) is 0.442. The van der Waals surface area contributed by atoms with Gasteiger partial charge in [-0.15, -0.1) is 0 Å². The van der Waals surface area contributed by atoms with Gasteiger partial charge in [0.05, 0.1) is 6.20 Å². The van der Waals surface area contributed by atoms with Gasteiger partial charge in [-0.25, -0.2) is 4.98 Å². The fourth-order valence-electron chi connectivity index (χ4n) is 0.517. The van der Waals surface area contributed by atoms with Gasteiger partial charge in [0.2, 0.25) is 5.95 Å². The van der Waals surface area contributed by atoms with Crippen LogP contribution in [0.3, 0.4) is 0 Å². The van der Waals surface area contributed by atoms with Crippen LogP contribution in [0.15, 0.2) is 6.20 Å². The summed E-state index contributed by atoms with van der Waals surface area (Å²) in [5, 5.41) is 10.6. The average molecular weight is 179 g/mol. The largest absolute Gasteiger partial charge is 1.00 e. The SMILES string of the molecule is NC(=O)c1nc(F)cnc1[O-].[Na+]. The minimum absolute atomic E-state index is 0. The molecule has 7 heteroatoms. The van der Waals surface area contributed by atoms with E-state index in [1.165, 1.54) is 0 Å². The molecule has 0 aromatic carbocycles. The van der Waals surface area contributed by atoms with Crippen LogP contribution < -0.4 is 40.4 Å². The molecule has 0 bridgehead atoms. The van der Waals surface area contributed by atoms with Crippen LogP contribution in [0.25, 0.3) is 0 Å². The van der Waals surface area contributed by atoms with Gasteiger partial charge in [0.1, 0.15) is 5.69 Å². The molecule has 58 valence electrons. The molecule has 0 radical (unpaired) electrons. The van der Waals surface area contributed by atoms with E-state index in [2.05, 4.69) is 15.7 Å². The fourth-order valence-corrected chi connectivity index (χ4v) is 0.517. The molecule has 5 nitrogen and oxygen atoms in total. The van der Waals surface area contributed by atoms with E-state index in [1.807, 2.05) is 0 Å². The second kappa shape index (κ2) is 4.34. The zero-order chi connectivity index (χ0) is 8.43. The first kappa shape index (κ1) is 11.3. The van der Waals surface area contributed by atoms with Gasteiger partial charge in [-0.05, 0) is 0 Å². The molecule has 1 aromatic rings. The predicted octanol–water partition coefficient (Wildman–Crippen LogP) is -4.21. The molecule has 0 spiro atoms. The van der Waals surface area contributed by atoms with Crippen LogP contribution in [-0.2, 0) is 0 Å². The molecular formula is C5H3FN3NaO2. The third-order valence-corrected chi connectivity index (χ3v) is 0.943. The summed E-state index contributed by atoms with van der Waals surface area (Å²) >= 11 is 0. The Labute approximate surface area is 89.1 Å². The van der Waals surface area contributed by atoms with Crippen molar-refractivity contribution in [1.82, 2.24) is 9.97 Å². The Hall–Kier alpha value is -0.720. The van der Waals surface area contributed by atoms with Crippen LogP contribution in [0, 0.1) is 5.95 Å². The summed E-state index contributed by atoms with van der Waals surface area (Å²) in [5.41, 5.74) is 4.00. The Morgan fingerprint density at radius 1 is 1.67 bits per heavy atom. The van der Waals surface area contributed by atoms with Gasteiger partial charge in [0.25, 0.3) is 5.91 Å². The number of nitrogens with two attached hydrogens (primary N) is 1. The molecule has 0 saturated heterocycles. The number of amides is 1. The van der Waals surface area contributed by atoms with Crippen molar-refractivity contribution in [3.8, 4) is 5.88 Å². The minimum Gasteiger partial charge on any atom is -0.857 e.